The smallest absolute Gasteiger partial charge is 0.353 e. The van der Waals surface area contributed by atoms with Crippen LogP contribution in [-0.2, 0) is 6.18 Å². The van der Waals surface area contributed by atoms with Gasteiger partial charge in [-0.15, -0.1) is 0 Å². The Morgan fingerprint density at radius 2 is 2.04 bits per heavy atom. The van der Waals surface area contributed by atoms with E-state index in [1.54, 1.807) is 6.92 Å². The van der Waals surface area contributed by atoms with Crippen molar-refractivity contribution in [2.75, 3.05) is 25.0 Å². The molecule has 2 aromatic rings. The number of aromatic nitrogens is 2. The largest absolute Gasteiger partial charge is 0.416 e. The summed E-state index contributed by atoms with van der Waals surface area (Å²) in [4.78, 5) is 10.9. The number of likely N-dealkylation sites (tertiary alicyclic amines) is 1. The Morgan fingerprint density at radius 1 is 1.26 bits per heavy atom. The normalized spacial score (nSPS) is 18.1. The summed E-state index contributed by atoms with van der Waals surface area (Å²) in [6.07, 6.45) is -0.839. The van der Waals surface area contributed by atoms with Crippen LogP contribution in [0.25, 0.3) is 11.1 Å². The number of anilines is 1. The summed E-state index contributed by atoms with van der Waals surface area (Å²) < 4.78 is 52.3. The summed E-state index contributed by atoms with van der Waals surface area (Å²) in [7, 11) is 0. The first kappa shape index (κ1) is 19.5. The second kappa shape index (κ2) is 7.80. The number of rotatable bonds is 5. The van der Waals surface area contributed by atoms with E-state index in [0.29, 0.717) is 29.3 Å². The van der Waals surface area contributed by atoms with Gasteiger partial charge < -0.3 is 5.32 Å². The lowest BCUT2D eigenvalue weighted by Gasteiger charge is -2.23. The third-order valence-electron chi connectivity index (χ3n) is 4.97. The highest BCUT2D eigenvalue weighted by Crippen LogP contribution is 2.33. The summed E-state index contributed by atoms with van der Waals surface area (Å²) in [6.45, 7) is 6.63. The zero-order valence-electron chi connectivity index (χ0n) is 15.3. The second-order valence-electron chi connectivity index (χ2n) is 6.69. The number of alkyl halides is 3. The van der Waals surface area contributed by atoms with Gasteiger partial charge >= 0.3 is 6.18 Å². The zero-order chi connectivity index (χ0) is 19.6. The molecule has 1 aromatic carbocycles. The van der Waals surface area contributed by atoms with Gasteiger partial charge in [0.2, 0.25) is 5.95 Å². The maximum absolute atomic E-state index is 14.2. The molecule has 1 aliphatic rings. The molecule has 0 unspecified atom stereocenters. The van der Waals surface area contributed by atoms with Gasteiger partial charge in [-0.3, -0.25) is 4.90 Å². The quantitative estimate of drug-likeness (QED) is 0.773. The van der Waals surface area contributed by atoms with E-state index >= 15 is 0 Å². The van der Waals surface area contributed by atoms with Crippen LogP contribution >= 0.6 is 0 Å². The first-order valence-electron chi connectivity index (χ1n) is 8.98. The molecule has 1 atom stereocenters. The number of halogens is 4. The lowest BCUT2D eigenvalue weighted by molar-refractivity contribution is -0.137. The van der Waals surface area contributed by atoms with Crippen molar-refractivity contribution in [3.63, 3.8) is 0 Å². The number of aryl methyl sites for hydroxylation is 1. The van der Waals surface area contributed by atoms with Gasteiger partial charge in [-0.05, 0) is 45.0 Å². The van der Waals surface area contributed by atoms with Gasteiger partial charge in [-0.2, -0.15) is 13.2 Å². The molecular weight excluding hydrogens is 360 g/mol. The predicted molar refractivity (Wildman–Crippen MR) is 95.9 cm³/mol. The molecule has 146 valence electrons. The average Bonchev–Trinajstić information content (AvgIpc) is 3.07. The molecule has 0 aliphatic carbocycles. The van der Waals surface area contributed by atoms with E-state index in [1.807, 2.05) is 0 Å². The third-order valence-corrected chi connectivity index (χ3v) is 4.97. The fourth-order valence-corrected chi connectivity index (χ4v) is 3.48. The first-order valence-corrected chi connectivity index (χ1v) is 8.98. The summed E-state index contributed by atoms with van der Waals surface area (Å²) in [5.74, 6) is -0.506. The molecule has 27 heavy (non-hydrogen) atoms. The van der Waals surface area contributed by atoms with Crippen molar-refractivity contribution in [2.45, 2.75) is 38.9 Å². The summed E-state index contributed by atoms with van der Waals surface area (Å²) >= 11 is 0. The maximum atomic E-state index is 14.2. The van der Waals surface area contributed by atoms with Crippen LogP contribution in [0.5, 0.6) is 0 Å². The number of hydrogen-bond donors (Lipinski definition) is 1. The van der Waals surface area contributed by atoms with E-state index in [4.69, 9.17) is 0 Å². The molecule has 1 aromatic heterocycles. The standard InChI is InChI=1S/C19H22F4N4/c1-3-27-8-4-5-14(27)10-24-18-25-11-16(12(2)26-18)15-7-6-13(9-17(15)20)19(21,22)23/h6-7,9,11,14H,3-5,8,10H2,1-2H3,(H,24,25,26)/t14-/m0/s1. The van der Waals surface area contributed by atoms with E-state index in [2.05, 4.69) is 27.1 Å². The molecule has 0 radical (unpaired) electrons. The number of nitrogens with zero attached hydrogens (tertiary/aromatic N) is 3. The molecule has 0 amide bonds. The first-order chi connectivity index (χ1) is 12.8. The molecule has 2 heterocycles. The number of likely N-dealkylation sites (N-methyl/N-ethyl adjacent to an activating group) is 1. The second-order valence-corrected chi connectivity index (χ2v) is 6.69. The van der Waals surface area contributed by atoms with Crippen molar-refractivity contribution in [1.82, 2.24) is 14.9 Å². The van der Waals surface area contributed by atoms with Crippen LogP contribution in [0.1, 0.15) is 31.0 Å². The van der Waals surface area contributed by atoms with Crippen molar-refractivity contribution >= 4 is 5.95 Å². The molecule has 3 rings (SSSR count). The lowest BCUT2D eigenvalue weighted by Crippen LogP contribution is -2.34. The summed E-state index contributed by atoms with van der Waals surface area (Å²) in [5, 5.41) is 3.21. The van der Waals surface area contributed by atoms with E-state index in [1.165, 1.54) is 12.6 Å². The van der Waals surface area contributed by atoms with Crippen LogP contribution in [0, 0.1) is 12.7 Å². The van der Waals surface area contributed by atoms with Gasteiger partial charge in [-0.25, -0.2) is 14.4 Å². The van der Waals surface area contributed by atoms with Gasteiger partial charge in [0.25, 0.3) is 0 Å². The van der Waals surface area contributed by atoms with Gasteiger partial charge in [0.15, 0.2) is 0 Å². The van der Waals surface area contributed by atoms with Crippen LogP contribution in [0.3, 0.4) is 0 Å². The maximum Gasteiger partial charge on any atom is 0.416 e. The average molecular weight is 382 g/mol. The van der Waals surface area contributed by atoms with Crippen molar-refractivity contribution in [1.29, 1.82) is 0 Å². The van der Waals surface area contributed by atoms with Gasteiger partial charge in [0.1, 0.15) is 5.82 Å². The highest BCUT2D eigenvalue weighted by molar-refractivity contribution is 5.66. The van der Waals surface area contributed by atoms with E-state index in [9.17, 15) is 17.6 Å². The van der Waals surface area contributed by atoms with E-state index in [-0.39, 0.29) is 5.56 Å². The van der Waals surface area contributed by atoms with Crippen LogP contribution in [-0.4, -0.2) is 40.5 Å². The molecule has 0 bridgehead atoms. The zero-order valence-corrected chi connectivity index (χ0v) is 15.3. The van der Waals surface area contributed by atoms with Gasteiger partial charge in [-0.1, -0.05) is 13.0 Å². The fourth-order valence-electron chi connectivity index (χ4n) is 3.48. The summed E-state index contributed by atoms with van der Waals surface area (Å²) in [6, 6.07) is 2.92. The van der Waals surface area contributed by atoms with Crippen molar-refractivity contribution < 1.29 is 17.6 Å². The lowest BCUT2D eigenvalue weighted by atomic mass is 10.0. The highest BCUT2D eigenvalue weighted by atomic mass is 19.4. The summed E-state index contributed by atoms with van der Waals surface area (Å²) in [5.41, 5.74) is -0.0783. The molecule has 1 fully saturated rings. The number of benzene rings is 1. The van der Waals surface area contributed by atoms with E-state index in [0.717, 1.165) is 38.2 Å². The third kappa shape index (κ3) is 4.37. The molecule has 8 heteroatoms. The Bertz CT molecular complexity index is 807. The SMILES string of the molecule is CCN1CCC[C@H]1CNc1ncc(-c2ccc(C(F)(F)F)cc2F)c(C)n1. The van der Waals surface area contributed by atoms with Crippen LogP contribution in [0.2, 0.25) is 0 Å². The predicted octanol–water partition coefficient (Wildman–Crippen LogP) is 4.51. The molecule has 4 nitrogen and oxygen atoms in total. The van der Waals surface area contributed by atoms with Gasteiger partial charge in [0.05, 0.1) is 11.3 Å². The van der Waals surface area contributed by atoms with E-state index < -0.39 is 17.6 Å². The number of nitrogens with one attached hydrogen (secondary N) is 1. The van der Waals surface area contributed by atoms with Crippen LogP contribution in [0.15, 0.2) is 24.4 Å². The molecular formula is C19H22F4N4. The molecule has 0 saturated carbocycles. The topological polar surface area (TPSA) is 41.0 Å². The number of hydrogen-bond acceptors (Lipinski definition) is 4. The Kier molecular flexibility index (Phi) is 5.64. The van der Waals surface area contributed by atoms with Gasteiger partial charge in [0, 0.05) is 29.9 Å². The Morgan fingerprint density at radius 3 is 2.67 bits per heavy atom. The Balaban J connectivity index is 1.75. The van der Waals surface area contributed by atoms with Crippen molar-refractivity contribution in [3.8, 4) is 11.1 Å². The molecule has 1 saturated heterocycles. The molecule has 1 N–H and O–H groups in total. The van der Waals surface area contributed by atoms with Crippen LogP contribution < -0.4 is 5.32 Å². The molecule has 1 aliphatic heterocycles. The highest BCUT2D eigenvalue weighted by Gasteiger charge is 2.31. The minimum Gasteiger partial charge on any atom is -0.353 e. The van der Waals surface area contributed by atoms with Crippen molar-refractivity contribution in [3.05, 3.63) is 41.5 Å². The fraction of sp³-hybridized carbons (Fsp3) is 0.474. The minimum absolute atomic E-state index is 0.0556. The molecule has 0 spiro atoms. The monoisotopic (exact) mass is 382 g/mol. The minimum atomic E-state index is -4.58. The Hall–Kier alpha value is -2.22. The Labute approximate surface area is 155 Å². The van der Waals surface area contributed by atoms with Crippen molar-refractivity contribution in [2.24, 2.45) is 0 Å². The van der Waals surface area contributed by atoms with Crippen LogP contribution in [0.4, 0.5) is 23.5 Å².